The second-order valence-corrected chi connectivity index (χ2v) is 9.92. The number of benzene rings is 1. The summed E-state index contributed by atoms with van der Waals surface area (Å²) in [6, 6.07) is 10.5. The van der Waals surface area contributed by atoms with Crippen LogP contribution in [-0.2, 0) is 14.6 Å². The zero-order valence-corrected chi connectivity index (χ0v) is 14.8. The molecule has 0 aliphatic carbocycles. The second kappa shape index (κ2) is 7.26. The number of likely N-dealkylation sites (tertiary alicyclic amines) is 1. The average Bonchev–Trinajstić information content (AvgIpc) is 2.93. The van der Waals surface area contributed by atoms with Gasteiger partial charge in [-0.15, -0.1) is 11.8 Å². The lowest BCUT2D eigenvalue weighted by atomic mass is 9.89. The minimum absolute atomic E-state index is 0.103. The monoisotopic (exact) mass is 353 g/mol. The van der Waals surface area contributed by atoms with Gasteiger partial charge in [-0.25, -0.2) is 8.42 Å². The SMILES string of the molecule is O=C(CSC1CCS(=O)(=O)C1)N1CCC(c2ccccc2)CC1. The molecule has 0 N–H and O–H groups in total. The number of nitrogens with zero attached hydrogens (tertiary/aromatic N) is 1. The van der Waals surface area contributed by atoms with E-state index in [-0.39, 0.29) is 22.7 Å². The maximum atomic E-state index is 12.3. The lowest BCUT2D eigenvalue weighted by molar-refractivity contribution is -0.129. The normalized spacial score (nSPS) is 24.7. The number of piperidine rings is 1. The molecule has 0 bridgehead atoms. The molecule has 2 heterocycles. The smallest absolute Gasteiger partial charge is 0.232 e. The molecule has 2 aliphatic heterocycles. The molecule has 0 spiro atoms. The number of amides is 1. The first kappa shape index (κ1) is 16.8. The summed E-state index contributed by atoms with van der Waals surface area (Å²) in [6.07, 6.45) is 2.72. The summed E-state index contributed by atoms with van der Waals surface area (Å²) in [7, 11) is -2.85. The van der Waals surface area contributed by atoms with Crippen molar-refractivity contribution in [1.29, 1.82) is 0 Å². The third kappa shape index (κ3) is 4.51. The van der Waals surface area contributed by atoms with Gasteiger partial charge in [0.2, 0.25) is 5.91 Å². The Balaban J connectivity index is 1.43. The van der Waals surface area contributed by atoms with Gasteiger partial charge in [-0.2, -0.15) is 0 Å². The van der Waals surface area contributed by atoms with Crippen molar-refractivity contribution in [2.75, 3.05) is 30.3 Å². The highest BCUT2D eigenvalue weighted by molar-refractivity contribution is 8.02. The van der Waals surface area contributed by atoms with Gasteiger partial charge in [0, 0.05) is 18.3 Å². The predicted molar refractivity (Wildman–Crippen MR) is 94.5 cm³/mol. The van der Waals surface area contributed by atoms with E-state index >= 15 is 0 Å². The van der Waals surface area contributed by atoms with Crippen LogP contribution in [0.4, 0.5) is 0 Å². The first-order valence-corrected chi connectivity index (χ1v) is 11.1. The Kier molecular flexibility index (Phi) is 5.31. The maximum Gasteiger partial charge on any atom is 0.232 e. The summed E-state index contributed by atoms with van der Waals surface area (Å²) in [5.41, 5.74) is 1.37. The lowest BCUT2D eigenvalue weighted by Crippen LogP contribution is -2.39. The van der Waals surface area contributed by atoms with Crippen LogP contribution in [-0.4, -0.2) is 54.8 Å². The van der Waals surface area contributed by atoms with Crippen LogP contribution in [0.2, 0.25) is 0 Å². The molecule has 23 heavy (non-hydrogen) atoms. The molecule has 126 valence electrons. The van der Waals surface area contributed by atoms with Gasteiger partial charge >= 0.3 is 0 Å². The van der Waals surface area contributed by atoms with Crippen molar-refractivity contribution in [3.05, 3.63) is 35.9 Å². The van der Waals surface area contributed by atoms with E-state index in [1.54, 1.807) is 0 Å². The lowest BCUT2D eigenvalue weighted by Gasteiger charge is -2.32. The quantitative estimate of drug-likeness (QED) is 0.833. The standard InChI is InChI=1S/C17H23NO3S2/c19-17(12-22-16-8-11-23(20,21)13-16)18-9-6-15(7-10-18)14-4-2-1-3-5-14/h1-5,15-16H,6-13H2. The number of carbonyl (C=O) groups excluding carboxylic acids is 1. The van der Waals surface area contributed by atoms with E-state index in [2.05, 4.69) is 24.3 Å². The summed E-state index contributed by atoms with van der Waals surface area (Å²) >= 11 is 1.51. The number of rotatable bonds is 4. The van der Waals surface area contributed by atoms with Gasteiger partial charge in [-0.05, 0) is 30.7 Å². The van der Waals surface area contributed by atoms with Crippen molar-refractivity contribution in [3.8, 4) is 0 Å². The maximum absolute atomic E-state index is 12.3. The van der Waals surface area contributed by atoms with Crippen molar-refractivity contribution >= 4 is 27.5 Å². The Morgan fingerprint density at radius 1 is 1.13 bits per heavy atom. The highest BCUT2D eigenvalue weighted by Crippen LogP contribution is 2.29. The summed E-state index contributed by atoms with van der Waals surface area (Å²) in [5, 5.41) is 0.103. The Bertz CT molecular complexity index is 637. The second-order valence-electron chi connectivity index (χ2n) is 6.40. The van der Waals surface area contributed by atoms with Crippen LogP contribution < -0.4 is 0 Å². The molecule has 4 nitrogen and oxygen atoms in total. The average molecular weight is 354 g/mol. The van der Waals surface area contributed by atoms with Gasteiger partial charge in [0.15, 0.2) is 9.84 Å². The van der Waals surface area contributed by atoms with E-state index in [1.165, 1.54) is 17.3 Å². The van der Waals surface area contributed by atoms with Crippen molar-refractivity contribution in [2.24, 2.45) is 0 Å². The molecule has 0 radical (unpaired) electrons. The number of hydrogen-bond acceptors (Lipinski definition) is 4. The zero-order valence-electron chi connectivity index (χ0n) is 13.2. The summed E-state index contributed by atoms with van der Waals surface area (Å²) < 4.78 is 22.9. The van der Waals surface area contributed by atoms with Crippen LogP contribution in [0.5, 0.6) is 0 Å². The summed E-state index contributed by atoms with van der Waals surface area (Å²) in [5.74, 6) is 1.64. The van der Waals surface area contributed by atoms with Crippen LogP contribution in [0.15, 0.2) is 30.3 Å². The van der Waals surface area contributed by atoms with Gasteiger partial charge in [-0.3, -0.25) is 4.79 Å². The van der Waals surface area contributed by atoms with Crippen LogP contribution >= 0.6 is 11.8 Å². The van der Waals surface area contributed by atoms with Crippen LogP contribution in [0.1, 0.15) is 30.7 Å². The fourth-order valence-corrected chi connectivity index (χ4v) is 6.91. The van der Waals surface area contributed by atoms with Crippen molar-refractivity contribution < 1.29 is 13.2 Å². The third-order valence-electron chi connectivity index (χ3n) is 4.75. The molecule has 6 heteroatoms. The molecule has 2 saturated heterocycles. The van der Waals surface area contributed by atoms with E-state index in [9.17, 15) is 13.2 Å². The van der Waals surface area contributed by atoms with E-state index < -0.39 is 9.84 Å². The van der Waals surface area contributed by atoms with Crippen molar-refractivity contribution in [1.82, 2.24) is 4.90 Å². The molecule has 1 amide bonds. The molecule has 1 aromatic rings. The third-order valence-corrected chi connectivity index (χ3v) is 8.02. The van der Waals surface area contributed by atoms with Crippen molar-refractivity contribution in [2.45, 2.75) is 30.4 Å². The van der Waals surface area contributed by atoms with Crippen molar-refractivity contribution in [3.63, 3.8) is 0 Å². The fraction of sp³-hybridized carbons (Fsp3) is 0.588. The molecular formula is C17H23NO3S2. The van der Waals surface area contributed by atoms with Crippen LogP contribution in [0.3, 0.4) is 0 Å². The van der Waals surface area contributed by atoms with Gasteiger partial charge in [0.25, 0.3) is 0 Å². The molecule has 1 unspecified atom stereocenters. The van der Waals surface area contributed by atoms with E-state index in [4.69, 9.17) is 0 Å². The van der Waals surface area contributed by atoms with E-state index in [0.29, 0.717) is 18.1 Å². The Labute approximate surface area is 142 Å². The van der Waals surface area contributed by atoms with E-state index in [1.807, 2.05) is 11.0 Å². The van der Waals surface area contributed by atoms with Gasteiger partial charge < -0.3 is 4.90 Å². The first-order valence-electron chi connectivity index (χ1n) is 8.18. The van der Waals surface area contributed by atoms with Crippen LogP contribution in [0, 0.1) is 0 Å². The Hall–Kier alpha value is -1.01. The molecule has 1 aromatic carbocycles. The molecule has 3 rings (SSSR count). The number of hydrogen-bond donors (Lipinski definition) is 0. The predicted octanol–water partition coefficient (Wildman–Crippen LogP) is 2.31. The minimum atomic E-state index is -2.85. The van der Waals surface area contributed by atoms with Crippen LogP contribution in [0.25, 0.3) is 0 Å². The largest absolute Gasteiger partial charge is 0.342 e. The molecule has 2 aliphatic rings. The van der Waals surface area contributed by atoms with E-state index in [0.717, 1.165) is 25.9 Å². The van der Waals surface area contributed by atoms with Gasteiger partial charge in [0.1, 0.15) is 0 Å². The topological polar surface area (TPSA) is 54.5 Å². The Morgan fingerprint density at radius 3 is 2.43 bits per heavy atom. The molecule has 1 atom stereocenters. The number of carbonyl (C=O) groups is 1. The zero-order chi connectivity index (χ0) is 16.3. The number of sulfone groups is 1. The molecule has 0 saturated carbocycles. The highest BCUT2D eigenvalue weighted by Gasteiger charge is 2.30. The summed E-state index contributed by atoms with van der Waals surface area (Å²) in [6.45, 7) is 1.61. The molecular weight excluding hydrogens is 330 g/mol. The first-order chi connectivity index (χ1) is 11.0. The molecule has 2 fully saturated rings. The number of thioether (sulfide) groups is 1. The van der Waals surface area contributed by atoms with Gasteiger partial charge in [-0.1, -0.05) is 30.3 Å². The molecule has 0 aromatic heterocycles. The highest BCUT2D eigenvalue weighted by atomic mass is 32.2. The Morgan fingerprint density at radius 2 is 1.83 bits per heavy atom. The summed E-state index contributed by atoms with van der Waals surface area (Å²) in [4.78, 5) is 14.3. The minimum Gasteiger partial charge on any atom is -0.342 e. The fourth-order valence-electron chi connectivity index (χ4n) is 3.36. The van der Waals surface area contributed by atoms with Gasteiger partial charge in [0.05, 0.1) is 17.3 Å².